The van der Waals surface area contributed by atoms with Gasteiger partial charge >= 0.3 is 0 Å². The third-order valence-electron chi connectivity index (χ3n) is 3.81. The lowest BCUT2D eigenvalue weighted by Crippen LogP contribution is -2.33. The van der Waals surface area contributed by atoms with Crippen molar-refractivity contribution in [2.24, 2.45) is 0 Å². The van der Waals surface area contributed by atoms with Gasteiger partial charge in [0.1, 0.15) is 19.3 Å². The van der Waals surface area contributed by atoms with E-state index in [0.29, 0.717) is 13.2 Å². The van der Waals surface area contributed by atoms with Crippen LogP contribution in [-0.4, -0.2) is 31.2 Å². The molecular formula is C15H17BrN2O2. The lowest BCUT2D eigenvalue weighted by Gasteiger charge is -2.31. The third kappa shape index (κ3) is 2.63. The summed E-state index contributed by atoms with van der Waals surface area (Å²) in [6, 6.07) is 6.15. The molecule has 0 aliphatic carbocycles. The highest BCUT2D eigenvalue weighted by molar-refractivity contribution is 9.10. The van der Waals surface area contributed by atoms with Crippen LogP contribution in [0.2, 0.25) is 0 Å². The standard InChI is InChI=1S/C15H17BrN2O2/c16-12-8-11(9-14-15(12)20-7-6-19-14)13(10-17)18-4-2-1-3-5-18/h8-9,13H,1-7H2. The molecule has 0 radical (unpaired) electrons. The molecule has 1 atom stereocenters. The van der Waals surface area contributed by atoms with Crippen molar-refractivity contribution in [3.05, 3.63) is 22.2 Å². The molecule has 0 amide bonds. The number of rotatable bonds is 2. The normalized spacial score (nSPS) is 20.2. The van der Waals surface area contributed by atoms with Crippen molar-refractivity contribution in [2.75, 3.05) is 26.3 Å². The van der Waals surface area contributed by atoms with Crippen LogP contribution in [0.25, 0.3) is 0 Å². The Labute approximate surface area is 127 Å². The summed E-state index contributed by atoms with van der Waals surface area (Å²) in [5.74, 6) is 1.48. The molecular weight excluding hydrogens is 320 g/mol. The molecule has 0 aromatic heterocycles. The fourth-order valence-corrected chi connectivity index (χ4v) is 3.41. The van der Waals surface area contributed by atoms with Gasteiger partial charge in [-0.25, -0.2) is 0 Å². The Morgan fingerprint density at radius 2 is 1.90 bits per heavy atom. The Morgan fingerprint density at radius 3 is 2.65 bits per heavy atom. The minimum absolute atomic E-state index is 0.206. The van der Waals surface area contributed by atoms with Gasteiger partial charge < -0.3 is 9.47 Å². The minimum Gasteiger partial charge on any atom is -0.486 e. The van der Waals surface area contributed by atoms with Crippen LogP contribution in [0.5, 0.6) is 11.5 Å². The summed E-state index contributed by atoms with van der Waals surface area (Å²) in [6.07, 6.45) is 3.60. The first-order valence-corrected chi connectivity index (χ1v) is 7.81. The third-order valence-corrected chi connectivity index (χ3v) is 4.40. The molecule has 20 heavy (non-hydrogen) atoms. The van der Waals surface area contributed by atoms with E-state index in [1.165, 1.54) is 19.3 Å². The smallest absolute Gasteiger partial charge is 0.175 e. The number of nitrogens with zero attached hydrogens (tertiary/aromatic N) is 2. The largest absolute Gasteiger partial charge is 0.486 e. The van der Waals surface area contributed by atoms with Gasteiger partial charge in [-0.2, -0.15) is 5.26 Å². The van der Waals surface area contributed by atoms with Crippen molar-refractivity contribution in [1.82, 2.24) is 4.90 Å². The van der Waals surface area contributed by atoms with Crippen LogP contribution in [0.1, 0.15) is 30.9 Å². The highest BCUT2D eigenvalue weighted by atomic mass is 79.9. The topological polar surface area (TPSA) is 45.5 Å². The summed E-state index contributed by atoms with van der Waals surface area (Å²) in [7, 11) is 0. The first-order valence-electron chi connectivity index (χ1n) is 7.02. The Morgan fingerprint density at radius 1 is 1.15 bits per heavy atom. The van der Waals surface area contributed by atoms with E-state index in [-0.39, 0.29) is 6.04 Å². The van der Waals surface area contributed by atoms with E-state index in [9.17, 15) is 5.26 Å². The van der Waals surface area contributed by atoms with E-state index >= 15 is 0 Å². The molecule has 1 aromatic carbocycles. The number of fused-ring (bicyclic) bond motifs is 1. The number of nitriles is 1. The number of hydrogen-bond acceptors (Lipinski definition) is 4. The van der Waals surface area contributed by atoms with Crippen molar-refractivity contribution in [2.45, 2.75) is 25.3 Å². The molecule has 2 heterocycles. The molecule has 0 spiro atoms. The van der Waals surface area contributed by atoms with Gasteiger partial charge in [-0.1, -0.05) is 6.42 Å². The molecule has 2 aliphatic rings. The summed E-state index contributed by atoms with van der Waals surface area (Å²) in [4.78, 5) is 2.25. The Balaban J connectivity index is 1.91. The number of piperidine rings is 1. The van der Waals surface area contributed by atoms with Crippen LogP contribution in [0.3, 0.4) is 0 Å². The maximum atomic E-state index is 9.55. The number of hydrogen-bond donors (Lipinski definition) is 0. The summed E-state index contributed by atoms with van der Waals surface area (Å²) in [5.41, 5.74) is 0.977. The quantitative estimate of drug-likeness (QED) is 0.831. The molecule has 1 fully saturated rings. The van der Waals surface area contributed by atoms with Gasteiger partial charge in [0.05, 0.1) is 10.5 Å². The van der Waals surface area contributed by atoms with E-state index in [1.807, 2.05) is 12.1 Å². The van der Waals surface area contributed by atoms with E-state index in [1.54, 1.807) is 0 Å². The molecule has 0 bridgehead atoms. The monoisotopic (exact) mass is 336 g/mol. The van der Waals surface area contributed by atoms with Gasteiger partial charge in [0.25, 0.3) is 0 Å². The molecule has 0 N–H and O–H groups in total. The fraction of sp³-hybridized carbons (Fsp3) is 0.533. The van der Waals surface area contributed by atoms with E-state index in [4.69, 9.17) is 9.47 Å². The maximum Gasteiger partial charge on any atom is 0.175 e. The Bertz CT molecular complexity index is 535. The second kappa shape index (κ2) is 6.02. The second-order valence-corrected chi connectivity index (χ2v) is 6.01. The number of likely N-dealkylation sites (tertiary alicyclic amines) is 1. The predicted molar refractivity (Wildman–Crippen MR) is 78.9 cm³/mol. The highest BCUT2D eigenvalue weighted by Gasteiger charge is 2.25. The lowest BCUT2D eigenvalue weighted by molar-refractivity contribution is 0.168. The van der Waals surface area contributed by atoms with E-state index < -0.39 is 0 Å². The van der Waals surface area contributed by atoms with Crippen LogP contribution in [0.15, 0.2) is 16.6 Å². The maximum absolute atomic E-state index is 9.55. The van der Waals surface area contributed by atoms with Gasteiger partial charge in [-0.3, -0.25) is 4.90 Å². The average molecular weight is 337 g/mol. The summed E-state index contributed by atoms with van der Waals surface area (Å²) in [6.45, 7) is 3.11. The first kappa shape index (κ1) is 13.7. The van der Waals surface area contributed by atoms with Crippen LogP contribution in [0, 0.1) is 11.3 Å². The minimum atomic E-state index is -0.206. The fourth-order valence-electron chi connectivity index (χ4n) is 2.83. The molecule has 3 rings (SSSR count). The van der Waals surface area contributed by atoms with Gasteiger partial charge in [0, 0.05) is 0 Å². The Hall–Kier alpha value is -1.25. The van der Waals surface area contributed by atoms with Crippen molar-refractivity contribution in [1.29, 1.82) is 5.26 Å². The molecule has 5 heteroatoms. The van der Waals surface area contributed by atoms with E-state index in [0.717, 1.165) is 34.6 Å². The molecule has 1 saturated heterocycles. The van der Waals surface area contributed by atoms with Gasteiger partial charge in [-0.05, 0) is 59.6 Å². The van der Waals surface area contributed by atoms with Crippen molar-refractivity contribution in [3.63, 3.8) is 0 Å². The van der Waals surface area contributed by atoms with Gasteiger partial charge in [0.15, 0.2) is 11.5 Å². The molecule has 0 saturated carbocycles. The number of benzene rings is 1. The van der Waals surface area contributed by atoms with Gasteiger partial charge in [0.2, 0.25) is 0 Å². The van der Waals surface area contributed by atoms with Crippen molar-refractivity contribution in [3.8, 4) is 17.6 Å². The molecule has 106 valence electrons. The lowest BCUT2D eigenvalue weighted by atomic mass is 10.0. The van der Waals surface area contributed by atoms with Crippen LogP contribution in [-0.2, 0) is 0 Å². The van der Waals surface area contributed by atoms with Crippen LogP contribution >= 0.6 is 15.9 Å². The second-order valence-electron chi connectivity index (χ2n) is 5.16. The predicted octanol–water partition coefficient (Wildman–Crippen LogP) is 3.27. The van der Waals surface area contributed by atoms with E-state index in [2.05, 4.69) is 26.9 Å². The molecule has 2 aliphatic heterocycles. The van der Waals surface area contributed by atoms with Crippen molar-refractivity contribution >= 4 is 15.9 Å². The molecule has 1 unspecified atom stereocenters. The molecule has 1 aromatic rings. The zero-order chi connectivity index (χ0) is 13.9. The van der Waals surface area contributed by atoms with Crippen LogP contribution < -0.4 is 9.47 Å². The zero-order valence-corrected chi connectivity index (χ0v) is 12.9. The highest BCUT2D eigenvalue weighted by Crippen LogP contribution is 2.40. The van der Waals surface area contributed by atoms with Crippen LogP contribution in [0.4, 0.5) is 0 Å². The molecule has 4 nitrogen and oxygen atoms in total. The zero-order valence-electron chi connectivity index (χ0n) is 11.3. The average Bonchev–Trinajstić information content (AvgIpc) is 2.49. The summed E-state index contributed by atoms with van der Waals surface area (Å²) < 4.78 is 12.1. The number of ether oxygens (including phenoxy) is 2. The SMILES string of the molecule is N#CC(c1cc(Br)c2c(c1)OCCO2)N1CCCCC1. The van der Waals surface area contributed by atoms with Gasteiger partial charge in [-0.15, -0.1) is 0 Å². The Kier molecular flexibility index (Phi) is 4.13. The summed E-state index contributed by atoms with van der Waals surface area (Å²) >= 11 is 3.52. The summed E-state index contributed by atoms with van der Waals surface area (Å²) in [5, 5.41) is 9.55. The van der Waals surface area contributed by atoms with Crippen molar-refractivity contribution < 1.29 is 9.47 Å². The first-order chi connectivity index (χ1) is 9.79. The number of halogens is 1.